The number of hydrogen-bond donors (Lipinski definition) is 1. The first-order valence-electron chi connectivity index (χ1n) is 4.65. The van der Waals surface area contributed by atoms with Crippen molar-refractivity contribution in [2.24, 2.45) is 0 Å². The van der Waals surface area contributed by atoms with Crippen LogP contribution in [0, 0.1) is 5.82 Å². The number of halogens is 1. The van der Waals surface area contributed by atoms with E-state index in [1.807, 2.05) is 0 Å². The fourth-order valence-corrected chi connectivity index (χ4v) is 1.42. The molecule has 0 atom stereocenters. The van der Waals surface area contributed by atoms with Crippen molar-refractivity contribution < 1.29 is 14.3 Å². The summed E-state index contributed by atoms with van der Waals surface area (Å²) in [5.74, 6) is -1.41. The normalized spacial score (nSPS) is 9.71. The molecule has 83 valence electrons. The van der Waals surface area contributed by atoms with Gasteiger partial charge in [-0.05, 0) is 17.7 Å². The Morgan fingerprint density at radius 1 is 1.35 bits per heavy atom. The van der Waals surface area contributed by atoms with E-state index in [2.05, 4.69) is 4.98 Å². The van der Waals surface area contributed by atoms with Crippen molar-refractivity contribution in [2.75, 3.05) is 0 Å². The van der Waals surface area contributed by atoms with Gasteiger partial charge in [0.2, 0.25) is 5.82 Å². The van der Waals surface area contributed by atoms with Gasteiger partial charge in [-0.2, -0.15) is 0 Å². The van der Waals surface area contributed by atoms with Crippen molar-refractivity contribution in [3.05, 3.63) is 53.9 Å². The molecule has 0 unspecified atom stereocenters. The molecule has 1 N–H and O–H groups in total. The van der Waals surface area contributed by atoms with Crippen LogP contribution in [0.1, 0.15) is 16.2 Å². The summed E-state index contributed by atoms with van der Waals surface area (Å²) in [4.78, 5) is 14.5. The van der Waals surface area contributed by atoms with Crippen LogP contribution in [-0.4, -0.2) is 39.5 Å². The van der Waals surface area contributed by atoms with Crippen molar-refractivity contribution in [3.8, 4) is 0 Å². The minimum absolute atomic E-state index is 0. The van der Waals surface area contributed by atoms with Crippen LogP contribution in [0.15, 0.2) is 36.7 Å². The second kappa shape index (κ2) is 5.67. The number of carboxylic acid groups (broad SMARTS) is 1. The number of carboxylic acids is 1. The van der Waals surface area contributed by atoms with Crippen molar-refractivity contribution in [3.63, 3.8) is 0 Å². The van der Waals surface area contributed by atoms with Crippen LogP contribution < -0.4 is 0 Å². The van der Waals surface area contributed by atoms with Gasteiger partial charge >= 0.3 is 5.97 Å². The van der Waals surface area contributed by atoms with E-state index >= 15 is 0 Å². The van der Waals surface area contributed by atoms with Gasteiger partial charge in [0.15, 0.2) is 0 Å². The van der Waals surface area contributed by atoms with E-state index in [1.165, 1.54) is 22.9 Å². The summed E-state index contributed by atoms with van der Waals surface area (Å²) in [5.41, 5.74) is 0.821. The van der Waals surface area contributed by atoms with Gasteiger partial charge in [-0.1, -0.05) is 12.1 Å². The van der Waals surface area contributed by atoms with Crippen LogP contribution in [0.5, 0.6) is 0 Å². The standard InChI is InChI=1S/C11H9FN2O2.Li/c12-9-3-1-8(2-4-9)7-14-6-5-13-10(14)11(15)16;/h1-6H,7H2,(H,15,16);. The van der Waals surface area contributed by atoms with E-state index < -0.39 is 5.97 Å². The van der Waals surface area contributed by atoms with Gasteiger partial charge in [0.1, 0.15) is 5.82 Å². The Kier molecular flexibility index (Phi) is 4.50. The summed E-state index contributed by atoms with van der Waals surface area (Å²) < 4.78 is 14.2. The average molecular weight is 227 g/mol. The Labute approximate surface area is 109 Å². The van der Waals surface area contributed by atoms with E-state index in [-0.39, 0.29) is 30.5 Å². The monoisotopic (exact) mass is 227 g/mol. The molecule has 0 saturated heterocycles. The van der Waals surface area contributed by atoms with Crippen molar-refractivity contribution >= 4 is 24.8 Å². The topological polar surface area (TPSA) is 55.1 Å². The van der Waals surface area contributed by atoms with Gasteiger partial charge in [-0.15, -0.1) is 0 Å². The number of hydrogen-bond acceptors (Lipinski definition) is 2. The summed E-state index contributed by atoms with van der Waals surface area (Å²) in [6.07, 6.45) is 3.00. The second-order valence-corrected chi connectivity index (χ2v) is 3.31. The zero-order chi connectivity index (χ0) is 11.5. The molecule has 1 aromatic heterocycles. The number of imidazole rings is 1. The molecule has 0 amide bonds. The Balaban J connectivity index is 0.00000144. The molecule has 1 heterocycles. The van der Waals surface area contributed by atoms with Gasteiger partial charge in [0.25, 0.3) is 0 Å². The zero-order valence-corrected chi connectivity index (χ0v) is 9.30. The molecule has 0 aliphatic heterocycles. The molecule has 1 aromatic carbocycles. The van der Waals surface area contributed by atoms with Crippen LogP contribution in [0.4, 0.5) is 4.39 Å². The molecule has 6 heteroatoms. The van der Waals surface area contributed by atoms with Gasteiger partial charge in [-0.3, -0.25) is 0 Å². The molecule has 0 fully saturated rings. The summed E-state index contributed by atoms with van der Waals surface area (Å²) in [7, 11) is 0. The van der Waals surface area contributed by atoms with Gasteiger partial charge < -0.3 is 9.67 Å². The Morgan fingerprint density at radius 3 is 2.59 bits per heavy atom. The number of aromatic nitrogens is 2. The molecule has 0 spiro atoms. The summed E-state index contributed by atoms with van der Waals surface area (Å²) in [5, 5.41) is 8.83. The fraction of sp³-hybridized carbons (Fsp3) is 0.0909. The maximum Gasteiger partial charge on any atom is 0.372 e. The van der Waals surface area contributed by atoms with Gasteiger partial charge in [0, 0.05) is 37.8 Å². The molecule has 0 saturated carbocycles. The number of aromatic carboxylic acids is 1. The molecule has 1 radical (unpaired) electrons. The zero-order valence-electron chi connectivity index (χ0n) is 9.30. The van der Waals surface area contributed by atoms with Crippen LogP contribution in [0.25, 0.3) is 0 Å². The third-order valence-corrected chi connectivity index (χ3v) is 2.17. The smallest absolute Gasteiger partial charge is 0.372 e. The minimum atomic E-state index is -1.08. The fourth-order valence-electron chi connectivity index (χ4n) is 1.42. The maximum absolute atomic E-state index is 12.7. The molecule has 0 bridgehead atoms. The second-order valence-electron chi connectivity index (χ2n) is 3.31. The quantitative estimate of drug-likeness (QED) is 0.806. The predicted molar refractivity (Wildman–Crippen MR) is 60.4 cm³/mol. The van der Waals surface area contributed by atoms with E-state index in [0.29, 0.717) is 6.54 Å². The maximum atomic E-state index is 12.7. The van der Waals surface area contributed by atoms with Crippen molar-refractivity contribution in [1.82, 2.24) is 9.55 Å². The first-order valence-corrected chi connectivity index (χ1v) is 4.65. The van der Waals surface area contributed by atoms with Gasteiger partial charge in [-0.25, -0.2) is 14.2 Å². The van der Waals surface area contributed by atoms with E-state index in [1.54, 1.807) is 18.3 Å². The predicted octanol–water partition coefficient (Wildman–Crippen LogP) is 1.39. The van der Waals surface area contributed by atoms with E-state index in [4.69, 9.17) is 5.11 Å². The van der Waals surface area contributed by atoms with Crippen LogP contribution in [-0.2, 0) is 6.54 Å². The third kappa shape index (κ3) is 3.19. The summed E-state index contributed by atoms with van der Waals surface area (Å²) in [6, 6.07) is 5.90. The third-order valence-electron chi connectivity index (χ3n) is 2.17. The molecule has 0 aliphatic carbocycles. The molecular formula is C11H9FLiN2O2. The first kappa shape index (κ1) is 13.5. The number of benzene rings is 1. The average Bonchev–Trinajstić information content (AvgIpc) is 2.69. The molecule has 17 heavy (non-hydrogen) atoms. The van der Waals surface area contributed by atoms with Crippen molar-refractivity contribution in [2.45, 2.75) is 6.54 Å². The summed E-state index contributed by atoms with van der Waals surface area (Å²) in [6.45, 7) is 0.363. The molecule has 2 rings (SSSR count). The van der Waals surface area contributed by atoms with Crippen LogP contribution >= 0.6 is 0 Å². The van der Waals surface area contributed by atoms with Crippen molar-refractivity contribution in [1.29, 1.82) is 0 Å². The SMILES string of the molecule is O=C(O)c1nccn1Cc1ccc(F)cc1.[Li]. The molecular weight excluding hydrogens is 218 g/mol. The molecule has 2 aromatic rings. The van der Waals surface area contributed by atoms with E-state index in [9.17, 15) is 9.18 Å². The Morgan fingerprint density at radius 2 is 2.00 bits per heavy atom. The minimum Gasteiger partial charge on any atom is -0.475 e. The molecule has 4 nitrogen and oxygen atoms in total. The number of carbonyl (C=O) groups is 1. The van der Waals surface area contributed by atoms with Gasteiger partial charge in [0.05, 0.1) is 0 Å². The van der Waals surface area contributed by atoms with Crippen LogP contribution in [0.2, 0.25) is 0 Å². The Bertz CT molecular complexity index is 510. The molecule has 0 aliphatic rings. The Hall–Kier alpha value is -1.57. The first-order chi connectivity index (χ1) is 7.66. The van der Waals surface area contributed by atoms with Crippen LogP contribution in [0.3, 0.4) is 0 Å². The number of nitrogens with zero attached hydrogens (tertiary/aromatic N) is 2. The largest absolute Gasteiger partial charge is 0.475 e. The van der Waals surface area contributed by atoms with E-state index in [0.717, 1.165) is 5.56 Å². The number of rotatable bonds is 3. The summed E-state index contributed by atoms with van der Waals surface area (Å²) >= 11 is 0.